The molecule has 0 saturated carbocycles. The van der Waals surface area contributed by atoms with Gasteiger partial charge in [0.05, 0.1) is 6.61 Å². The Balaban J connectivity index is 2.37. The van der Waals surface area contributed by atoms with Crippen molar-refractivity contribution in [2.75, 3.05) is 18.9 Å². The molecule has 1 rings (SSSR count). The smallest absolute Gasteiger partial charge is 0.344 e. The van der Waals surface area contributed by atoms with Gasteiger partial charge in [-0.2, -0.15) is 0 Å². The zero-order chi connectivity index (χ0) is 12.7. The number of nitrogen functional groups attached to an aromatic ring is 1. The number of rotatable bonds is 6. The van der Waals surface area contributed by atoms with Gasteiger partial charge in [-0.25, -0.2) is 9.18 Å². The third-order valence-corrected chi connectivity index (χ3v) is 2.06. The van der Waals surface area contributed by atoms with Gasteiger partial charge in [0.25, 0.3) is 0 Å². The summed E-state index contributed by atoms with van der Waals surface area (Å²) < 4.78 is 23.1. The molecule has 1 aromatic carbocycles. The first-order valence-corrected chi connectivity index (χ1v) is 5.47. The molecule has 17 heavy (non-hydrogen) atoms. The van der Waals surface area contributed by atoms with E-state index in [0.717, 1.165) is 18.9 Å². The number of carbonyl (C=O) groups excluding carboxylic acids is 1. The van der Waals surface area contributed by atoms with Crippen LogP contribution in [0.4, 0.5) is 10.1 Å². The predicted molar refractivity (Wildman–Crippen MR) is 62.2 cm³/mol. The summed E-state index contributed by atoms with van der Waals surface area (Å²) in [5, 5.41) is 0. The first-order valence-electron chi connectivity index (χ1n) is 5.47. The number of benzene rings is 1. The molecule has 94 valence electrons. The number of nitrogens with two attached hydrogens (primary N) is 1. The van der Waals surface area contributed by atoms with Crippen molar-refractivity contribution in [3.63, 3.8) is 0 Å². The van der Waals surface area contributed by atoms with E-state index in [9.17, 15) is 9.18 Å². The Morgan fingerprint density at radius 1 is 1.47 bits per heavy atom. The number of hydrogen-bond donors (Lipinski definition) is 1. The minimum atomic E-state index is -0.591. The molecule has 0 aromatic heterocycles. The molecule has 0 heterocycles. The van der Waals surface area contributed by atoms with Crippen molar-refractivity contribution in [2.24, 2.45) is 0 Å². The highest BCUT2D eigenvalue weighted by Gasteiger charge is 2.07. The quantitative estimate of drug-likeness (QED) is 0.471. The maximum Gasteiger partial charge on any atom is 0.344 e. The molecule has 4 nitrogen and oxygen atoms in total. The van der Waals surface area contributed by atoms with Crippen LogP contribution in [0.3, 0.4) is 0 Å². The van der Waals surface area contributed by atoms with Gasteiger partial charge in [0.2, 0.25) is 0 Å². The van der Waals surface area contributed by atoms with Gasteiger partial charge in [0, 0.05) is 11.8 Å². The second kappa shape index (κ2) is 6.73. The molecule has 0 bridgehead atoms. The maximum atomic E-state index is 13.3. The number of anilines is 1. The second-order valence-electron chi connectivity index (χ2n) is 3.55. The van der Waals surface area contributed by atoms with Crippen molar-refractivity contribution in [2.45, 2.75) is 19.8 Å². The summed E-state index contributed by atoms with van der Waals surface area (Å²) in [6.45, 7) is 2.06. The SMILES string of the molecule is CCCCOC(=O)COc1ccc(N)cc1F. The molecule has 2 N–H and O–H groups in total. The van der Waals surface area contributed by atoms with Gasteiger partial charge in [-0.1, -0.05) is 13.3 Å². The molecule has 0 atom stereocenters. The molecule has 0 radical (unpaired) electrons. The summed E-state index contributed by atoms with van der Waals surface area (Å²) in [5.41, 5.74) is 5.68. The molecule has 5 heteroatoms. The Morgan fingerprint density at radius 3 is 2.88 bits per heavy atom. The highest BCUT2D eigenvalue weighted by Crippen LogP contribution is 2.19. The molecular weight excluding hydrogens is 225 g/mol. The minimum absolute atomic E-state index is 0.00774. The fourth-order valence-corrected chi connectivity index (χ4v) is 1.14. The van der Waals surface area contributed by atoms with Gasteiger partial charge in [-0.15, -0.1) is 0 Å². The van der Waals surface area contributed by atoms with Crippen molar-refractivity contribution >= 4 is 11.7 Å². The summed E-state index contributed by atoms with van der Waals surface area (Å²) in [5.74, 6) is -1.10. The summed E-state index contributed by atoms with van der Waals surface area (Å²) in [6.07, 6.45) is 1.75. The Labute approximate surface area is 99.5 Å². The molecule has 0 unspecified atom stereocenters. The third kappa shape index (κ3) is 4.72. The van der Waals surface area contributed by atoms with E-state index < -0.39 is 11.8 Å². The van der Waals surface area contributed by atoms with E-state index in [1.54, 1.807) is 0 Å². The van der Waals surface area contributed by atoms with Gasteiger partial charge in [0.1, 0.15) is 0 Å². The summed E-state index contributed by atoms with van der Waals surface area (Å²) in [4.78, 5) is 11.2. The van der Waals surface area contributed by atoms with Gasteiger partial charge < -0.3 is 15.2 Å². The van der Waals surface area contributed by atoms with Crippen LogP contribution < -0.4 is 10.5 Å². The van der Waals surface area contributed by atoms with Crippen LogP contribution in [0.2, 0.25) is 0 Å². The largest absolute Gasteiger partial charge is 0.479 e. The maximum absolute atomic E-state index is 13.3. The summed E-state index contributed by atoms with van der Waals surface area (Å²) in [7, 11) is 0. The van der Waals surface area contributed by atoms with E-state index in [-0.39, 0.29) is 12.4 Å². The average Bonchev–Trinajstić information content (AvgIpc) is 2.28. The highest BCUT2D eigenvalue weighted by atomic mass is 19.1. The van der Waals surface area contributed by atoms with Crippen molar-refractivity contribution < 1.29 is 18.7 Å². The van der Waals surface area contributed by atoms with Crippen molar-refractivity contribution in [1.82, 2.24) is 0 Å². The molecule has 0 amide bonds. The molecule has 0 fully saturated rings. The van der Waals surface area contributed by atoms with Crippen LogP contribution in [0.15, 0.2) is 18.2 Å². The minimum Gasteiger partial charge on any atom is -0.479 e. The Morgan fingerprint density at radius 2 is 2.24 bits per heavy atom. The second-order valence-corrected chi connectivity index (χ2v) is 3.55. The number of esters is 1. The summed E-state index contributed by atoms with van der Waals surface area (Å²) >= 11 is 0. The first-order chi connectivity index (χ1) is 8.13. The van der Waals surface area contributed by atoms with Crippen LogP contribution in [-0.2, 0) is 9.53 Å². The Bertz CT molecular complexity index is 382. The van der Waals surface area contributed by atoms with E-state index in [1.807, 2.05) is 6.92 Å². The van der Waals surface area contributed by atoms with Crippen molar-refractivity contribution in [3.05, 3.63) is 24.0 Å². The zero-order valence-electron chi connectivity index (χ0n) is 9.74. The molecule has 0 aliphatic rings. The average molecular weight is 241 g/mol. The topological polar surface area (TPSA) is 61.5 Å². The Kier molecular flexibility index (Phi) is 5.26. The van der Waals surface area contributed by atoms with Gasteiger partial charge in [-0.05, 0) is 18.6 Å². The lowest BCUT2D eigenvalue weighted by Crippen LogP contribution is -2.15. The molecule has 0 aliphatic heterocycles. The lowest BCUT2D eigenvalue weighted by molar-refractivity contribution is -0.146. The van der Waals surface area contributed by atoms with E-state index in [1.165, 1.54) is 12.1 Å². The van der Waals surface area contributed by atoms with Gasteiger partial charge >= 0.3 is 5.97 Å². The van der Waals surface area contributed by atoms with Crippen LogP contribution in [-0.4, -0.2) is 19.2 Å². The van der Waals surface area contributed by atoms with Crippen LogP contribution in [0, 0.1) is 5.82 Å². The number of ether oxygens (including phenoxy) is 2. The van der Waals surface area contributed by atoms with E-state index in [4.69, 9.17) is 15.2 Å². The van der Waals surface area contributed by atoms with Crippen LogP contribution >= 0.6 is 0 Å². The molecule has 0 spiro atoms. The monoisotopic (exact) mass is 241 g/mol. The number of carbonyl (C=O) groups is 1. The number of unbranched alkanes of at least 4 members (excludes halogenated alkanes) is 1. The third-order valence-electron chi connectivity index (χ3n) is 2.06. The Hall–Kier alpha value is -1.78. The zero-order valence-corrected chi connectivity index (χ0v) is 9.74. The van der Waals surface area contributed by atoms with Crippen molar-refractivity contribution in [1.29, 1.82) is 0 Å². The molecule has 0 saturated heterocycles. The fraction of sp³-hybridized carbons (Fsp3) is 0.417. The molecular formula is C12H16FNO3. The summed E-state index contributed by atoms with van der Waals surface area (Å²) in [6, 6.07) is 4.02. The molecule has 0 aliphatic carbocycles. The van der Waals surface area contributed by atoms with Crippen molar-refractivity contribution in [3.8, 4) is 5.75 Å². The first kappa shape index (κ1) is 13.3. The standard InChI is InChI=1S/C12H16FNO3/c1-2-3-6-16-12(15)8-17-11-5-4-9(14)7-10(11)13/h4-5,7H,2-3,6,8,14H2,1H3. The van der Waals surface area contributed by atoms with Crippen LogP contribution in [0.5, 0.6) is 5.75 Å². The fourth-order valence-electron chi connectivity index (χ4n) is 1.14. The van der Waals surface area contributed by atoms with Crippen LogP contribution in [0.25, 0.3) is 0 Å². The number of hydrogen-bond acceptors (Lipinski definition) is 4. The van der Waals surface area contributed by atoms with Crippen LogP contribution in [0.1, 0.15) is 19.8 Å². The molecule has 1 aromatic rings. The van der Waals surface area contributed by atoms with Gasteiger partial charge in [-0.3, -0.25) is 0 Å². The lowest BCUT2D eigenvalue weighted by Gasteiger charge is -2.07. The van der Waals surface area contributed by atoms with E-state index in [2.05, 4.69) is 0 Å². The van der Waals surface area contributed by atoms with E-state index in [0.29, 0.717) is 12.3 Å². The lowest BCUT2D eigenvalue weighted by atomic mass is 10.3. The highest BCUT2D eigenvalue weighted by molar-refractivity contribution is 5.71. The number of halogens is 1. The normalized spacial score (nSPS) is 10.0. The predicted octanol–water partition coefficient (Wildman–Crippen LogP) is 2.13. The van der Waals surface area contributed by atoms with E-state index >= 15 is 0 Å². The van der Waals surface area contributed by atoms with Gasteiger partial charge in [0.15, 0.2) is 18.2 Å².